The number of carboxylic acids is 1. The molecule has 0 saturated heterocycles. The number of ether oxygens (including phenoxy) is 1. The molecule has 2 rings (SSSR count). The SMILES string of the molecule is CC(COc1cccc2cccnc12)CC(=O)O. The second-order valence-corrected chi connectivity index (χ2v) is 4.35. The highest BCUT2D eigenvalue weighted by Crippen LogP contribution is 2.23. The van der Waals surface area contributed by atoms with Crippen LogP contribution in [0.2, 0.25) is 0 Å². The van der Waals surface area contributed by atoms with E-state index in [9.17, 15) is 4.79 Å². The van der Waals surface area contributed by atoms with Gasteiger partial charge in [-0.25, -0.2) is 0 Å². The molecule has 1 unspecified atom stereocenters. The lowest BCUT2D eigenvalue weighted by Gasteiger charge is -2.12. The van der Waals surface area contributed by atoms with Crippen LogP contribution in [-0.2, 0) is 4.79 Å². The van der Waals surface area contributed by atoms with E-state index in [2.05, 4.69) is 4.98 Å². The molecule has 0 spiro atoms. The van der Waals surface area contributed by atoms with Crippen LogP contribution in [0.3, 0.4) is 0 Å². The molecular weight excluding hydrogens is 230 g/mol. The van der Waals surface area contributed by atoms with E-state index in [-0.39, 0.29) is 12.3 Å². The molecule has 1 atom stereocenters. The molecule has 0 radical (unpaired) electrons. The van der Waals surface area contributed by atoms with Crippen molar-refractivity contribution in [3.63, 3.8) is 0 Å². The first-order valence-corrected chi connectivity index (χ1v) is 5.85. The number of carboxylic acid groups (broad SMARTS) is 1. The number of nitrogens with zero attached hydrogens (tertiary/aromatic N) is 1. The van der Waals surface area contributed by atoms with Crippen LogP contribution < -0.4 is 4.74 Å². The normalized spacial score (nSPS) is 12.3. The van der Waals surface area contributed by atoms with Gasteiger partial charge in [-0.1, -0.05) is 25.1 Å². The molecule has 2 aromatic rings. The highest BCUT2D eigenvalue weighted by atomic mass is 16.5. The first-order chi connectivity index (χ1) is 8.66. The first-order valence-electron chi connectivity index (χ1n) is 5.85. The second-order valence-electron chi connectivity index (χ2n) is 4.35. The summed E-state index contributed by atoms with van der Waals surface area (Å²) in [6.07, 6.45) is 1.83. The Hall–Kier alpha value is -2.10. The number of aromatic nitrogens is 1. The van der Waals surface area contributed by atoms with Crippen molar-refractivity contribution in [2.75, 3.05) is 6.61 Å². The fraction of sp³-hybridized carbons (Fsp3) is 0.286. The van der Waals surface area contributed by atoms with Gasteiger partial charge in [0.1, 0.15) is 11.3 Å². The second kappa shape index (κ2) is 5.49. The van der Waals surface area contributed by atoms with Crippen molar-refractivity contribution in [1.82, 2.24) is 4.98 Å². The Kier molecular flexibility index (Phi) is 3.77. The summed E-state index contributed by atoms with van der Waals surface area (Å²) in [7, 11) is 0. The number of carbonyl (C=O) groups is 1. The average molecular weight is 245 g/mol. The Bertz CT molecular complexity index is 548. The number of benzene rings is 1. The smallest absolute Gasteiger partial charge is 0.303 e. The molecule has 4 heteroatoms. The highest BCUT2D eigenvalue weighted by Gasteiger charge is 2.09. The maximum absolute atomic E-state index is 10.6. The maximum Gasteiger partial charge on any atom is 0.303 e. The summed E-state index contributed by atoms with van der Waals surface area (Å²) in [5.74, 6) is -0.131. The molecule has 18 heavy (non-hydrogen) atoms. The topological polar surface area (TPSA) is 59.4 Å². The van der Waals surface area contributed by atoms with E-state index < -0.39 is 5.97 Å². The number of hydrogen-bond acceptors (Lipinski definition) is 3. The van der Waals surface area contributed by atoms with Gasteiger partial charge in [0.25, 0.3) is 0 Å². The molecular formula is C14H15NO3. The van der Waals surface area contributed by atoms with Crippen LogP contribution in [-0.4, -0.2) is 22.7 Å². The van der Waals surface area contributed by atoms with Gasteiger partial charge in [-0.2, -0.15) is 0 Å². The van der Waals surface area contributed by atoms with Crippen LogP contribution in [0.25, 0.3) is 10.9 Å². The van der Waals surface area contributed by atoms with E-state index in [1.165, 1.54) is 0 Å². The number of fused-ring (bicyclic) bond motifs is 1. The molecule has 1 aromatic carbocycles. The molecule has 0 aliphatic carbocycles. The summed E-state index contributed by atoms with van der Waals surface area (Å²) in [5.41, 5.74) is 0.808. The van der Waals surface area contributed by atoms with E-state index in [4.69, 9.17) is 9.84 Å². The molecule has 0 bridgehead atoms. The van der Waals surface area contributed by atoms with Crippen molar-refractivity contribution in [2.45, 2.75) is 13.3 Å². The highest BCUT2D eigenvalue weighted by molar-refractivity contribution is 5.84. The van der Waals surface area contributed by atoms with Crippen LogP contribution in [0.5, 0.6) is 5.75 Å². The first kappa shape index (κ1) is 12.4. The molecule has 0 amide bonds. The van der Waals surface area contributed by atoms with Crippen LogP contribution in [0.15, 0.2) is 36.5 Å². The predicted octanol–water partition coefficient (Wildman–Crippen LogP) is 2.72. The number of aliphatic carboxylic acids is 1. The van der Waals surface area contributed by atoms with Crippen molar-refractivity contribution in [3.05, 3.63) is 36.5 Å². The standard InChI is InChI=1S/C14H15NO3/c1-10(8-13(16)17)9-18-12-6-2-4-11-5-3-7-15-14(11)12/h2-7,10H,8-9H2,1H3,(H,16,17). The summed E-state index contributed by atoms with van der Waals surface area (Å²) in [6.45, 7) is 2.23. The van der Waals surface area contributed by atoms with Crippen molar-refractivity contribution in [2.24, 2.45) is 5.92 Å². The Balaban J connectivity index is 2.10. The summed E-state index contributed by atoms with van der Waals surface area (Å²) in [6, 6.07) is 9.56. The minimum absolute atomic E-state index is 0.0264. The quantitative estimate of drug-likeness (QED) is 0.879. The van der Waals surface area contributed by atoms with Crippen molar-refractivity contribution in [1.29, 1.82) is 0 Å². The third-order valence-electron chi connectivity index (χ3n) is 2.64. The van der Waals surface area contributed by atoms with Gasteiger partial charge in [0.2, 0.25) is 0 Å². The van der Waals surface area contributed by atoms with Gasteiger partial charge in [0.15, 0.2) is 0 Å². The number of para-hydroxylation sites is 1. The van der Waals surface area contributed by atoms with E-state index in [0.29, 0.717) is 12.4 Å². The lowest BCUT2D eigenvalue weighted by Crippen LogP contribution is -2.13. The molecule has 1 heterocycles. The minimum Gasteiger partial charge on any atom is -0.491 e. The van der Waals surface area contributed by atoms with Crippen LogP contribution in [0.4, 0.5) is 0 Å². The fourth-order valence-electron chi connectivity index (χ4n) is 1.78. The molecule has 1 N–H and O–H groups in total. The predicted molar refractivity (Wildman–Crippen MR) is 68.7 cm³/mol. The maximum atomic E-state index is 10.6. The van der Waals surface area contributed by atoms with E-state index >= 15 is 0 Å². The molecule has 0 fully saturated rings. The van der Waals surface area contributed by atoms with Gasteiger partial charge < -0.3 is 9.84 Å². The summed E-state index contributed by atoms with van der Waals surface area (Å²) in [4.78, 5) is 14.8. The van der Waals surface area contributed by atoms with E-state index in [0.717, 1.165) is 10.9 Å². The zero-order valence-corrected chi connectivity index (χ0v) is 10.2. The van der Waals surface area contributed by atoms with Gasteiger partial charge in [-0.05, 0) is 12.1 Å². The van der Waals surface area contributed by atoms with Gasteiger partial charge >= 0.3 is 5.97 Å². The Labute approximate surface area is 105 Å². The average Bonchev–Trinajstić information content (AvgIpc) is 2.35. The monoisotopic (exact) mass is 245 g/mol. The number of pyridine rings is 1. The molecule has 1 aromatic heterocycles. The number of hydrogen-bond donors (Lipinski definition) is 1. The van der Waals surface area contributed by atoms with Gasteiger partial charge in [0.05, 0.1) is 13.0 Å². The third-order valence-corrected chi connectivity index (χ3v) is 2.64. The van der Waals surface area contributed by atoms with Gasteiger partial charge in [0, 0.05) is 17.5 Å². The fourth-order valence-corrected chi connectivity index (χ4v) is 1.78. The molecule has 0 aliphatic heterocycles. The molecule has 94 valence electrons. The Morgan fingerprint density at radius 3 is 2.94 bits per heavy atom. The largest absolute Gasteiger partial charge is 0.491 e. The zero-order valence-electron chi connectivity index (χ0n) is 10.2. The summed E-state index contributed by atoms with van der Waals surface area (Å²) >= 11 is 0. The molecule has 0 saturated carbocycles. The van der Waals surface area contributed by atoms with Crippen LogP contribution in [0, 0.1) is 5.92 Å². The minimum atomic E-state index is -0.804. The van der Waals surface area contributed by atoms with Gasteiger partial charge in [-0.3, -0.25) is 9.78 Å². The van der Waals surface area contributed by atoms with Crippen molar-refractivity contribution >= 4 is 16.9 Å². The third kappa shape index (κ3) is 2.97. The zero-order chi connectivity index (χ0) is 13.0. The van der Waals surface area contributed by atoms with Crippen LogP contribution in [0.1, 0.15) is 13.3 Å². The van der Waals surface area contributed by atoms with E-state index in [1.54, 1.807) is 6.20 Å². The summed E-state index contributed by atoms with van der Waals surface area (Å²) < 4.78 is 5.66. The molecule has 0 aliphatic rings. The Morgan fingerprint density at radius 1 is 1.39 bits per heavy atom. The number of rotatable bonds is 5. The van der Waals surface area contributed by atoms with Gasteiger partial charge in [-0.15, -0.1) is 0 Å². The van der Waals surface area contributed by atoms with Crippen LogP contribution >= 0.6 is 0 Å². The van der Waals surface area contributed by atoms with Crippen molar-refractivity contribution in [3.8, 4) is 5.75 Å². The summed E-state index contributed by atoms with van der Waals surface area (Å²) in [5, 5.41) is 9.70. The lowest BCUT2D eigenvalue weighted by molar-refractivity contribution is -0.138. The lowest BCUT2D eigenvalue weighted by atomic mass is 10.1. The van der Waals surface area contributed by atoms with E-state index in [1.807, 2.05) is 37.3 Å². The van der Waals surface area contributed by atoms with Crippen molar-refractivity contribution < 1.29 is 14.6 Å². The Morgan fingerprint density at radius 2 is 2.17 bits per heavy atom. The molecule has 4 nitrogen and oxygen atoms in total.